The average molecular weight is 618 g/mol. The first-order valence-corrected chi connectivity index (χ1v) is 15.8. The molecule has 48 heavy (non-hydrogen) atoms. The van der Waals surface area contributed by atoms with Crippen LogP contribution in [0.5, 0.6) is 11.5 Å². The summed E-state index contributed by atoms with van der Waals surface area (Å²) in [6, 6.07) is 51.4. The lowest BCUT2D eigenvalue weighted by molar-refractivity contribution is 0.481. The van der Waals surface area contributed by atoms with Gasteiger partial charge in [-0.3, -0.25) is 9.55 Å². The van der Waals surface area contributed by atoms with Crippen LogP contribution in [-0.2, 0) is 0 Å². The molecule has 6 nitrogen and oxygen atoms in total. The molecular formula is C42H27N5O. The van der Waals surface area contributed by atoms with Gasteiger partial charge in [0.2, 0.25) is 0 Å². The standard InChI is InChI=1S/C42H27N5O/c1-3-11-28(12-4-1)30-19-20-43-41(25-30)47-39-18-10-8-16-36(39)42-40(47)26-35(27-44-42)48-34-22-32(29-13-5-2-6-14-29)21-33(23-34)38-24-31-15-7-9-17-37(31)45-46-38/h1-27H. The van der Waals surface area contributed by atoms with Crippen LogP contribution in [0.15, 0.2) is 164 Å². The highest BCUT2D eigenvalue weighted by atomic mass is 16.5. The molecule has 0 saturated carbocycles. The Hall–Kier alpha value is -6.66. The number of hydrogen-bond acceptors (Lipinski definition) is 5. The van der Waals surface area contributed by atoms with Crippen molar-refractivity contribution in [2.24, 2.45) is 0 Å². The van der Waals surface area contributed by atoms with E-state index in [0.717, 1.165) is 72.2 Å². The van der Waals surface area contributed by atoms with Crippen LogP contribution in [0, 0.1) is 0 Å². The van der Waals surface area contributed by atoms with E-state index in [-0.39, 0.29) is 0 Å². The molecule has 6 heteroatoms. The lowest BCUT2D eigenvalue weighted by Crippen LogP contribution is -1.98. The minimum Gasteiger partial charge on any atom is -0.456 e. The quantitative estimate of drug-likeness (QED) is 0.186. The molecule has 4 aromatic heterocycles. The number of pyridine rings is 2. The fraction of sp³-hybridized carbons (Fsp3) is 0. The molecular weight excluding hydrogens is 590 g/mol. The molecule has 0 saturated heterocycles. The lowest BCUT2D eigenvalue weighted by atomic mass is 10.0. The fourth-order valence-corrected chi connectivity index (χ4v) is 6.33. The molecule has 9 aromatic rings. The number of para-hydroxylation sites is 1. The van der Waals surface area contributed by atoms with Gasteiger partial charge in [0.1, 0.15) is 17.3 Å². The summed E-state index contributed by atoms with van der Waals surface area (Å²) in [6.07, 6.45) is 3.65. The van der Waals surface area contributed by atoms with Gasteiger partial charge >= 0.3 is 0 Å². The maximum Gasteiger partial charge on any atom is 0.147 e. The van der Waals surface area contributed by atoms with Crippen LogP contribution in [0.4, 0.5) is 0 Å². The van der Waals surface area contributed by atoms with Crippen molar-refractivity contribution in [1.82, 2.24) is 24.7 Å². The number of nitrogens with zero attached hydrogens (tertiary/aromatic N) is 5. The minimum absolute atomic E-state index is 0.617. The van der Waals surface area contributed by atoms with Gasteiger partial charge < -0.3 is 4.74 Å². The predicted octanol–water partition coefficient (Wildman–Crippen LogP) is 10.3. The van der Waals surface area contributed by atoms with Crippen molar-refractivity contribution in [2.45, 2.75) is 0 Å². The molecule has 0 aliphatic heterocycles. The zero-order chi connectivity index (χ0) is 31.9. The molecule has 0 bridgehead atoms. The molecule has 0 spiro atoms. The number of rotatable bonds is 6. The van der Waals surface area contributed by atoms with E-state index in [1.807, 2.05) is 91.1 Å². The topological polar surface area (TPSA) is 65.7 Å². The molecule has 0 radical (unpaired) electrons. The third kappa shape index (κ3) is 5.02. The van der Waals surface area contributed by atoms with E-state index in [1.54, 1.807) is 6.20 Å². The summed E-state index contributed by atoms with van der Waals surface area (Å²) in [4.78, 5) is 9.75. The minimum atomic E-state index is 0.617. The predicted molar refractivity (Wildman–Crippen MR) is 192 cm³/mol. The Balaban J connectivity index is 1.17. The zero-order valence-electron chi connectivity index (χ0n) is 25.7. The second-order valence-electron chi connectivity index (χ2n) is 11.7. The van der Waals surface area contributed by atoms with Gasteiger partial charge in [-0.1, -0.05) is 97.1 Å². The van der Waals surface area contributed by atoms with Gasteiger partial charge in [0, 0.05) is 28.6 Å². The number of ether oxygens (including phenoxy) is 1. The summed E-state index contributed by atoms with van der Waals surface area (Å²) in [6.45, 7) is 0. The molecule has 5 aromatic carbocycles. The third-order valence-electron chi connectivity index (χ3n) is 8.60. The molecule has 0 fully saturated rings. The highest BCUT2D eigenvalue weighted by Gasteiger charge is 2.17. The van der Waals surface area contributed by atoms with E-state index in [2.05, 4.69) is 81.5 Å². The van der Waals surface area contributed by atoms with Crippen LogP contribution >= 0.6 is 0 Å². The highest BCUT2D eigenvalue weighted by molar-refractivity contribution is 6.07. The molecule has 4 heterocycles. The van der Waals surface area contributed by atoms with Gasteiger partial charge in [-0.2, -0.15) is 0 Å². The Labute approximate surface area is 276 Å². The van der Waals surface area contributed by atoms with E-state index >= 15 is 0 Å². The lowest BCUT2D eigenvalue weighted by Gasteiger charge is -2.12. The van der Waals surface area contributed by atoms with E-state index in [9.17, 15) is 0 Å². The monoisotopic (exact) mass is 617 g/mol. The highest BCUT2D eigenvalue weighted by Crippen LogP contribution is 2.37. The van der Waals surface area contributed by atoms with Gasteiger partial charge in [0.05, 0.1) is 34.0 Å². The SMILES string of the molecule is c1ccc(-c2cc(Oc3cnc4c5ccccc5n(-c5cc(-c6ccccc6)ccn5)c4c3)cc(-c3cc4ccccc4nn3)c2)cc1. The first-order chi connectivity index (χ1) is 23.8. The van der Waals surface area contributed by atoms with Gasteiger partial charge in [0.15, 0.2) is 0 Å². The first-order valence-electron chi connectivity index (χ1n) is 15.8. The maximum absolute atomic E-state index is 6.63. The zero-order valence-corrected chi connectivity index (χ0v) is 25.7. The third-order valence-corrected chi connectivity index (χ3v) is 8.60. The summed E-state index contributed by atoms with van der Waals surface area (Å²) in [5.41, 5.74) is 9.68. The van der Waals surface area contributed by atoms with Crippen LogP contribution in [0.25, 0.3) is 72.2 Å². The van der Waals surface area contributed by atoms with Crippen LogP contribution in [0.2, 0.25) is 0 Å². The fourth-order valence-electron chi connectivity index (χ4n) is 6.33. The van der Waals surface area contributed by atoms with Gasteiger partial charge in [-0.05, 0) is 70.8 Å². The van der Waals surface area contributed by atoms with Gasteiger partial charge in [-0.25, -0.2) is 4.98 Å². The number of hydrogen-bond donors (Lipinski definition) is 0. The maximum atomic E-state index is 6.63. The Morgan fingerprint density at radius 3 is 2.06 bits per heavy atom. The van der Waals surface area contributed by atoms with E-state index in [1.165, 1.54) is 0 Å². The van der Waals surface area contributed by atoms with Crippen molar-refractivity contribution in [2.75, 3.05) is 0 Å². The normalized spacial score (nSPS) is 11.3. The van der Waals surface area contributed by atoms with E-state index in [4.69, 9.17) is 14.7 Å². The molecule has 0 unspecified atom stereocenters. The second kappa shape index (κ2) is 11.6. The number of aromatic nitrogens is 5. The van der Waals surface area contributed by atoms with Crippen molar-refractivity contribution in [3.8, 4) is 50.8 Å². The molecule has 0 N–H and O–H groups in total. The molecule has 0 amide bonds. The average Bonchev–Trinajstić information content (AvgIpc) is 3.49. The van der Waals surface area contributed by atoms with Crippen LogP contribution in [0.1, 0.15) is 0 Å². The summed E-state index contributed by atoms with van der Waals surface area (Å²) >= 11 is 0. The summed E-state index contributed by atoms with van der Waals surface area (Å²) in [5, 5.41) is 11.1. The van der Waals surface area contributed by atoms with Crippen LogP contribution in [-0.4, -0.2) is 24.7 Å². The molecule has 9 rings (SSSR count). The second-order valence-corrected chi connectivity index (χ2v) is 11.7. The molecule has 0 aliphatic carbocycles. The molecule has 0 aliphatic rings. The first kappa shape index (κ1) is 27.6. The number of benzene rings is 5. The van der Waals surface area contributed by atoms with Crippen molar-refractivity contribution in [3.05, 3.63) is 164 Å². The summed E-state index contributed by atoms with van der Waals surface area (Å²) in [5.74, 6) is 2.10. The van der Waals surface area contributed by atoms with Crippen molar-refractivity contribution in [1.29, 1.82) is 0 Å². The van der Waals surface area contributed by atoms with E-state index in [0.29, 0.717) is 11.5 Å². The van der Waals surface area contributed by atoms with E-state index < -0.39 is 0 Å². The van der Waals surface area contributed by atoms with Crippen molar-refractivity contribution < 1.29 is 4.74 Å². The molecule has 226 valence electrons. The summed E-state index contributed by atoms with van der Waals surface area (Å²) in [7, 11) is 0. The smallest absolute Gasteiger partial charge is 0.147 e. The summed E-state index contributed by atoms with van der Waals surface area (Å²) < 4.78 is 8.79. The van der Waals surface area contributed by atoms with Gasteiger partial charge in [0.25, 0.3) is 0 Å². The Morgan fingerprint density at radius 2 is 1.21 bits per heavy atom. The van der Waals surface area contributed by atoms with Crippen molar-refractivity contribution >= 4 is 32.8 Å². The van der Waals surface area contributed by atoms with Crippen LogP contribution in [0.3, 0.4) is 0 Å². The molecule has 0 atom stereocenters. The Bertz CT molecular complexity index is 2600. The largest absolute Gasteiger partial charge is 0.456 e. The van der Waals surface area contributed by atoms with Crippen molar-refractivity contribution in [3.63, 3.8) is 0 Å². The van der Waals surface area contributed by atoms with Crippen LogP contribution < -0.4 is 4.74 Å². The number of fused-ring (bicyclic) bond motifs is 4. The van der Waals surface area contributed by atoms with Gasteiger partial charge in [-0.15, -0.1) is 10.2 Å². The Kier molecular flexibility index (Phi) is 6.68. The Morgan fingerprint density at radius 1 is 0.479 bits per heavy atom.